The molecule has 1 saturated heterocycles. The summed E-state index contributed by atoms with van der Waals surface area (Å²) in [6, 6.07) is 0.448. The highest BCUT2D eigenvalue weighted by Gasteiger charge is 2.55. The molecule has 0 bridgehead atoms. The molecule has 18 heavy (non-hydrogen) atoms. The first-order valence-electron chi connectivity index (χ1n) is 6.50. The Hall–Kier alpha value is -0.240. The molecule has 1 rings (SSSR count). The van der Waals surface area contributed by atoms with Crippen molar-refractivity contribution in [2.45, 2.75) is 44.6 Å². The standard InChI is InChI=1S/C12H27N2O4/c1-5-6-10-7-12(18-13)14(10,2)17-9-11(16-4)8-15-3/h10-12H,5-9,13H2,1-4H3/q+1. The number of nitrogens with zero attached hydrogens (tertiary/aromatic N) is 1. The highest BCUT2D eigenvalue weighted by molar-refractivity contribution is 4.70. The van der Waals surface area contributed by atoms with Crippen LogP contribution in [0.25, 0.3) is 0 Å². The molecule has 1 aliphatic heterocycles. The Bertz CT molecular complexity index is 242. The highest BCUT2D eigenvalue weighted by Crippen LogP contribution is 2.37. The van der Waals surface area contributed by atoms with E-state index in [4.69, 9.17) is 25.0 Å². The van der Waals surface area contributed by atoms with E-state index in [1.165, 1.54) is 0 Å². The Morgan fingerprint density at radius 3 is 2.56 bits per heavy atom. The third-order valence-electron chi connectivity index (χ3n) is 3.77. The molecule has 0 spiro atoms. The highest BCUT2D eigenvalue weighted by atomic mass is 16.8. The van der Waals surface area contributed by atoms with Gasteiger partial charge >= 0.3 is 0 Å². The van der Waals surface area contributed by atoms with Crippen molar-refractivity contribution in [3.8, 4) is 0 Å². The topological polar surface area (TPSA) is 62.9 Å². The summed E-state index contributed by atoms with van der Waals surface area (Å²) in [5.74, 6) is 5.31. The van der Waals surface area contributed by atoms with Gasteiger partial charge in [-0.2, -0.15) is 9.48 Å². The van der Waals surface area contributed by atoms with Crippen LogP contribution in [0.2, 0.25) is 0 Å². The number of hydroxylamine groups is 3. The van der Waals surface area contributed by atoms with E-state index < -0.39 is 0 Å². The molecule has 0 radical (unpaired) electrons. The minimum Gasteiger partial charge on any atom is -0.382 e. The zero-order valence-corrected chi connectivity index (χ0v) is 11.9. The van der Waals surface area contributed by atoms with Crippen LogP contribution in [0.3, 0.4) is 0 Å². The molecule has 6 heteroatoms. The lowest BCUT2D eigenvalue weighted by Crippen LogP contribution is -2.70. The van der Waals surface area contributed by atoms with E-state index >= 15 is 0 Å². The van der Waals surface area contributed by atoms with Crippen molar-refractivity contribution in [1.29, 1.82) is 0 Å². The van der Waals surface area contributed by atoms with Gasteiger partial charge in [-0.3, -0.25) is 0 Å². The molecule has 108 valence electrons. The summed E-state index contributed by atoms with van der Waals surface area (Å²) >= 11 is 0. The molecule has 1 fully saturated rings. The second kappa shape index (κ2) is 7.37. The molecular weight excluding hydrogens is 236 g/mol. The normalized spacial score (nSPS) is 33.2. The van der Waals surface area contributed by atoms with Crippen LogP contribution in [0, 0.1) is 0 Å². The van der Waals surface area contributed by atoms with Gasteiger partial charge in [0.05, 0.1) is 13.0 Å². The predicted octanol–water partition coefficient (Wildman–Crippen LogP) is 0.815. The summed E-state index contributed by atoms with van der Waals surface area (Å²) in [6.07, 6.45) is 3.04. The van der Waals surface area contributed by atoms with E-state index in [2.05, 4.69) is 6.92 Å². The molecule has 0 aromatic rings. The molecule has 2 N–H and O–H groups in total. The molecule has 0 aromatic carbocycles. The van der Waals surface area contributed by atoms with E-state index in [-0.39, 0.29) is 12.3 Å². The summed E-state index contributed by atoms with van der Waals surface area (Å²) in [4.78, 5) is 10.9. The number of methoxy groups -OCH3 is 2. The number of nitrogens with two attached hydrogens (primary N) is 1. The van der Waals surface area contributed by atoms with E-state index in [9.17, 15) is 0 Å². The summed E-state index contributed by atoms with van der Waals surface area (Å²) in [5.41, 5.74) is 0. The third-order valence-corrected chi connectivity index (χ3v) is 3.77. The number of rotatable bonds is 9. The van der Waals surface area contributed by atoms with Crippen LogP contribution in [-0.4, -0.2) is 57.5 Å². The van der Waals surface area contributed by atoms with Gasteiger partial charge in [-0.1, -0.05) is 13.3 Å². The maximum atomic E-state index is 5.97. The van der Waals surface area contributed by atoms with Gasteiger partial charge in [0.2, 0.25) is 6.23 Å². The number of hydrogen-bond donors (Lipinski definition) is 1. The molecule has 4 atom stereocenters. The number of ether oxygens (including phenoxy) is 2. The predicted molar refractivity (Wildman–Crippen MR) is 67.2 cm³/mol. The van der Waals surface area contributed by atoms with E-state index in [1.807, 2.05) is 7.05 Å². The molecular formula is C12H27N2O4+. The average Bonchev–Trinajstić information content (AvgIpc) is 2.38. The minimum absolute atomic E-state index is 0.0637. The first-order chi connectivity index (χ1) is 8.62. The molecule has 6 nitrogen and oxygen atoms in total. The van der Waals surface area contributed by atoms with Crippen LogP contribution in [0.15, 0.2) is 0 Å². The maximum Gasteiger partial charge on any atom is 0.246 e. The van der Waals surface area contributed by atoms with Gasteiger partial charge in [0, 0.05) is 20.6 Å². The molecule has 0 amide bonds. The van der Waals surface area contributed by atoms with Crippen LogP contribution >= 0.6 is 0 Å². The first kappa shape index (κ1) is 15.8. The molecule has 0 aromatic heterocycles. The monoisotopic (exact) mass is 263 g/mol. The number of hydrogen-bond acceptors (Lipinski definition) is 5. The van der Waals surface area contributed by atoms with Crippen LogP contribution in [0.4, 0.5) is 0 Å². The van der Waals surface area contributed by atoms with Crippen molar-refractivity contribution in [2.24, 2.45) is 5.90 Å². The van der Waals surface area contributed by atoms with Gasteiger partial charge in [-0.05, 0) is 0 Å². The first-order valence-corrected chi connectivity index (χ1v) is 6.50. The number of likely N-dealkylation sites (tertiary alicyclic amines) is 1. The fourth-order valence-electron chi connectivity index (χ4n) is 2.43. The molecule has 0 aliphatic carbocycles. The second-order valence-corrected chi connectivity index (χ2v) is 4.94. The van der Waals surface area contributed by atoms with E-state index in [0.29, 0.717) is 23.9 Å². The van der Waals surface area contributed by atoms with Crippen LogP contribution in [-0.2, 0) is 19.1 Å². The maximum absolute atomic E-state index is 5.97. The lowest BCUT2D eigenvalue weighted by atomic mass is 9.96. The average molecular weight is 263 g/mol. The van der Waals surface area contributed by atoms with Crippen LogP contribution in [0.1, 0.15) is 26.2 Å². The van der Waals surface area contributed by atoms with Crippen molar-refractivity contribution < 1.29 is 23.8 Å². The SMILES string of the molecule is CCCC1CC(ON)[N+]1(C)OCC(COC)OC. The molecule has 1 heterocycles. The zero-order chi connectivity index (χ0) is 13.6. The van der Waals surface area contributed by atoms with Crippen molar-refractivity contribution >= 4 is 0 Å². The minimum atomic E-state index is -0.0819. The fraction of sp³-hybridized carbons (Fsp3) is 1.00. The Morgan fingerprint density at radius 1 is 1.33 bits per heavy atom. The lowest BCUT2D eigenvalue weighted by molar-refractivity contribution is -1.17. The number of quaternary nitrogens is 1. The molecule has 0 saturated carbocycles. The molecule has 1 aliphatic rings. The molecule has 4 unspecified atom stereocenters. The van der Waals surface area contributed by atoms with Crippen molar-refractivity contribution in [3.63, 3.8) is 0 Å². The Balaban J connectivity index is 2.49. The van der Waals surface area contributed by atoms with Gasteiger partial charge < -0.3 is 9.47 Å². The Labute approximate surface area is 109 Å². The summed E-state index contributed by atoms with van der Waals surface area (Å²) in [7, 11) is 5.32. The Morgan fingerprint density at radius 2 is 2.06 bits per heavy atom. The van der Waals surface area contributed by atoms with E-state index in [1.54, 1.807) is 14.2 Å². The van der Waals surface area contributed by atoms with Crippen molar-refractivity contribution in [1.82, 2.24) is 0 Å². The quantitative estimate of drug-likeness (QED) is 0.493. The summed E-state index contributed by atoms with van der Waals surface area (Å²) in [5, 5.41) is 0. The van der Waals surface area contributed by atoms with Crippen LogP contribution in [0.5, 0.6) is 0 Å². The third kappa shape index (κ3) is 3.40. The fourth-order valence-corrected chi connectivity index (χ4v) is 2.43. The smallest absolute Gasteiger partial charge is 0.246 e. The van der Waals surface area contributed by atoms with Crippen molar-refractivity contribution in [2.75, 3.05) is 34.5 Å². The lowest BCUT2D eigenvalue weighted by Gasteiger charge is -2.51. The van der Waals surface area contributed by atoms with Gasteiger partial charge in [0.25, 0.3) is 0 Å². The summed E-state index contributed by atoms with van der Waals surface area (Å²) < 4.78 is 10.8. The summed E-state index contributed by atoms with van der Waals surface area (Å²) in [6.45, 7) is 3.16. The van der Waals surface area contributed by atoms with Gasteiger partial charge in [-0.15, -0.1) is 0 Å². The Kier molecular flexibility index (Phi) is 6.48. The van der Waals surface area contributed by atoms with Gasteiger partial charge in [-0.25, -0.2) is 10.7 Å². The second-order valence-electron chi connectivity index (χ2n) is 4.94. The van der Waals surface area contributed by atoms with Crippen LogP contribution < -0.4 is 5.90 Å². The van der Waals surface area contributed by atoms with Gasteiger partial charge in [0.15, 0.2) is 0 Å². The zero-order valence-electron chi connectivity index (χ0n) is 11.9. The van der Waals surface area contributed by atoms with E-state index in [0.717, 1.165) is 19.3 Å². The van der Waals surface area contributed by atoms with Gasteiger partial charge in [0.1, 0.15) is 25.8 Å². The van der Waals surface area contributed by atoms with Crippen molar-refractivity contribution in [3.05, 3.63) is 0 Å². The largest absolute Gasteiger partial charge is 0.382 e.